The Morgan fingerprint density at radius 2 is 1.43 bits per heavy atom. The number of carbonyl (C=O) groups is 1. The first-order valence-electron chi connectivity index (χ1n) is 13.0. The van der Waals surface area contributed by atoms with E-state index in [4.69, 9.17) is 23.4 Å². The molecule has 0 saturated carbocycles. The van der Waals surface area contributed by atoms with Gasteiger partial charge >= 0.3 is 5.97 Å². The number of aliphatic hydroxyl groups excluding tert-OH is 7. The van der Waals surface area contributed by atoms with E-state index in [0.717, 1.165) is 24.3 Å². The van der Waals surface area contributed by atoms with Gasteiger partial charge in [0.1, 0.15) is 71.0 Å². The van der Waals surface area contributed by atoms with Crippen molar-refractivity contribution in [3.8, 4) is 34.3 Å². The third kappa shape index (κ3) is 5.75. The number of benzene rings is 2. The van der Waals surface area contributed by atoms with E-state index in [2.05, 4.69) is 0 Å². The molecule has 2 aliphatic rings. The average Bonchev–Trinajstić information content (AvgIpc) is 2.97. The number of carboxylic acid groups (broad SMARTS) is 1. The van der Waals surface area contributed by atoms with Crippen LogP contribution in [0, 0.1) is 0 Å². The van der Waals surface area contributed by atoms with Gasteiger partial charge in [-0.3, -0.25) is 4.79 Å². The molecule has 0 spiro atoms. The number of fused-ring (bicyclic) bond motifs is 1. The minimum absolute atomic E-state index is 0.118. The van der Waals surface area contributed by atoms with Gasteiger partial charge in [-0.1, -0.05) is 0 Å². The summed E-state index contributed by atoms with van der Waals surface area (Å²) >= 11 is 0. The molecule has 1 aromatic heterocycles. The fourth-order valence-corrected chi connectivity index (χ4v) is 4.80. The van der Waals surface area contributed by atoms with Crippen molar-refractivity contribution < 1.29 is 79.2 Å². The Balaban J connectivity index is 1.41. The number of aliphatic hydroxyl groups is 7. The summed E-state index contributed by atoms with van der Waals surface area (Å²) in [6.07, 6.45) is -17.5. The van der Waals surface area contributed by atoms with Gasteiger partial charge in [-0.2, -0.15) is 0 Å². The molecule has 2 saturated heterocycles. The van der Waals surface area contributed by atoms with E-state index in [1.165, 1.54) is 12.1 Å². The van der Waals surface area contributed by atoms with Gasteiger partial charge < -0.3 is 74.4 Å². The first kappa shape index (κ1) is 31.4. The maximum absolute atomic E-state index is 12.9. The third-order valence-electron chi connectivity index (χ3n) is 7.18. The number of rotatable bonds is 7. The summed E-state index contributed by atoms with van der Waals surface area (Å²) in [6.45, 7) is -0.693. The molecule has 3 heterocycles. The highest BCUT2D eigenvalue weighted by molar-refractivity contribution is 5.86. The number of ether oxygens (including phenoxy) is 4. The molecule has 2 fully saturated rings. The summed E-state index contributed by atoms with van der Waals surface area (Å²) in [4.78, 5) is 24.2. The SMILES string of the molecule is O=C(O)[C@@H]1O[C@@H](Oc2cc(O)c3c(=O)cc(-c4ccc(O[C@@H]5OC(CO)[C@@H](O)C(O)C5O)c(O)c4)oc3c2)C(O)C(O)[C@H]1O. The highest BCUT2D eigenvalue weighted by Crippen LogP contribution is 2.37. The van der Waals surface area contributed by atoms with Gasteiger partial charge in [0.2, 0.25) is 12.6 Å². The standard InChI is InChI=1S/C27H28O17/c28-7-16-18(32)19(33)22(36)27(43-16)42-13-2-1-8(3-10(13)29)14-6-12(31)17-11(30)4-9(5-15(17)41-14)40-26-23(37)20(34)21(35)24(44-26)25(38)39/h1-6,16,18-24,26-30,32-37H,7H2,(H,38,39)/t16?,18-,19?,20?,21-,22?,23?,24-,26-,27-/m1/s1. The summed E-state index contributed by atoms with van der Waals surface area (Å²) in [5, 5.41) is 99.5. The molecule has 0 amide bonds. The second-order valence-corrected chi connectivity index (χ2v) is 10.1. The van der Waals surface area contributed by atoms with Crippen molar-refractivity contribution in [2.24, 2.45) is 0 Å². The number of aliphatic carboxylic acids is 1. The smallest absolute Gasteiger partial charge is 0.335 e. The van der Waals surface area contributed by atoms with Crippen molar-refractivity contribution in [1.82, 2.24) is 0 Å². The van der Waals surface area contributed by atoms with E-state index in [9.17, 15) is 60.7 Å². The van der Waals surface area contributed by atoms with Crippen molar-refractivity contribution in [3.63, 3.8) is 0 Å². The molecule has 3 aromatic rings. The summed E-state index contributed by atoms with van der Waals surface area (Å²) in [6, 6.07) is 6.76. The molecule has 10 N–H and O–H groups in total. The number of phenols is 2. The lowest BCUT2D eigenvalue weighted by atomic mass is 9.99. The van der Waals surface area contributed by atoms with E-state index in [0.29, 0.717) is 0 Å². The highest BCUT2D eigenvalue weighted by Gasteiger charge is 2.48. The molecular weight excluding hydrogens is 596 g/mol. The van der Waals surface area contributed by atoms with Gasteiger partial charge in [0.05, 0.1) is 6.61 Å². The second kappa shape index (κ2) is 12.2. The molecular formula is C27H28O17. The fraction of sp³-hybridized carbons (Fsp3) is 0.407. The Bertz CT molecular complexity index is 1590. The predicted molar refractivity (Wildman–Crippen MR) is 141 cm³/mol. The fourth-order valence-electron chi connectivity index (χ4n) is 4.80. The van der Waals surface area contributed by atoms with Crippen LogP contribution in [0.2, 0.25) is 0 Å². The van der Waals surface area contributed by atoms with Crippen molar-refractivity contribution in [2.75, 3.05) is 6.61 Å². The minimum Gasteiger partial charge on any atom is -0.507 e. The molecule has 2 aromatic carbocycles. The first-order chi connectivity index (χ1) is 20.8. The number of carboxylic acids is 1. The van der Waals surface area contributed by atoms with E-state index in [-0.39, 0.29) is 33.8 Å². The molecule has 10 atom stereocenters. The summed E-state index contributed by atoms with van der Waals surface area (Å²) in [5.41, 5.74) is -0.838. The lowest BCUT2D eigenvalue weighted by molar-refractivity contribution is -0.277. The van der Waals surface area contributed by atoms with Crippen LogP contribution in [0.25, 0.3) is 22.3 Å². The van der Waals surface area contributed by atoms with Gasteiger partial charge in [-0.15, -0.1) is 0 Å². The molecule has 2 aliphatic heterocycles. The monoisotopic (exact) mass is 624 g/mol. The van der Waals surface area contributed by atoms with Crippen LogP contribution in [-0.4, -0.2) is 125 Å². The van der Waals surface area contributed by atoms with Gasteiger partial charge in [-0.25, -0.2) is 4.79 Å². The number of hydrogen-bond donors (Lipinski definition) is 10. The largest absolute Gasteiger partial charge is 0.507 e. The Morgan fingerprint density at radius 3 is 2.07 bits per heavy atom. The maximum Gasteiger partial charge on any atom is 0.335 e. The molecule has 5 unspecified atom stereocenters. The van der Waals surface area contributed by atoms with Crippen molar-refractivity contribution in [2.45, 2.75) is 61.4 Å². The zero-order valence-corrected chi connectivity index (χ0v) is 22.3. The number of aromatic hydroxyl groups is 2. The van der Waals surface area contributed by atoms with Crippen molar-refractivity contribution in [1.29, 1.82) is 0 Å². The van der Waals surface area contributed by atoms with Crippen LogP contribution < -0.4 is 14.9 Å². The first-order valence-corrected chi connectivity index (χ1v) is 13.0. The van der Waals surface area contributed by atoms with E-state index in [1.54, 1.807) is 0 Å². The Morgan fingerprint density at radius 1 is 0.773 bits per heavy atom. The number of hydrogen-bond acceptors (Lipinski definition) is 16. The van der Waals surface area contributed by atoms with Crippen LogP contribution in [0.3, 0.4) is 0 Å². The summed E-state index contributed by atoms with van der Waals surface area (Å²) < 4.78 is 26.9. The molecule has 238 valence electrons. The molecule has 0 bridgehead atoms. The minimum atomic E-state index is -1.96. The maximum atomic E-state index is 12.9. The molecule has 17 heteroatoms. The second-order valence-electron chi connectivity index (χ2n) is 10.1. The van der Waals surface area contributed by atoms with E-state index in [1.807, 2.05) is 0 Å². The average molecular weight is 625 g/mol. The normalized spacial score (nSPS) is 32.3. The van der Waals surface area contributed by atoms with Crippen molar-refractivity contribution >= 4 is 16.9 Å². The van der Waals surface area contributed by atoms with Crippen LogP contribution in [0.1, 0.15) is 0 Å². The zero-order valence-electron chi connectivity index (χ0n) is 22.3. The topological polar surface area (TPSA) is 286 Å². The Kier molecular flexibility index (Phi) is 8.67. The summed E-state index contributed by atoms with van der Waals surface area (Å²) in [5.74, 6) is -3.43. The van der Waals surface area contributed by atoms with Crippen LogP contribution in [-0.2, 0) is 14.3 Å². The lowest BCUT2D eigenvalue weighted by Crippen LogP contribution is -2.61. The zero-order chi connectivity index (χ0) is 32.0. The molecule has 5 rings (SSSR count). The highest BCUT2D eigenvalue weighted by atomic mass is 16.7. The quantitative estimate of drug-likeness (QED) is 0.128. The van der Waals surface area contributed by atoms with Gasteiger partial charge in [-0.05, 0) is 18.2 Å². The molecule has 17 nitrogen and oxygen atoms in total. The van der Waals surface area contributed by atoms with Gasteiger partial charge in [0.15, 0.2) is 23.0 Å². The van der Waals surface area contributed by atoms with Crippen LogP contribution >= 0.6 is 0 Å². The van der Waals surface area contributed by atoms with E-state index < -0.39 is 90.9 Å². The predicted octanol–water partition coefficient (Wildman–Crippen LogP) is -2.68. The lowest BCUT2D eigenvalue weighted by Gasteiger charge is -2.39. The van der Waals surface area contributed by atoms with Crippen molar-refractivity contribution in [3.05, 3.63) is 46.6 Å². The van der Waals surface area contributed by atoms with Gasteiger partial charge in [0, 0.05) is 23.8 Å². The van der Waals surface area contributed by atoms with Crippen LogP contribution in [0.15, 0.2) is 45.6 Å². The van der Waals surface area contributed by atoms with Gasteiger partial charge in [0.25, 0.3) is 0 Å². The number of phenolic OH excluding ortho intramolecular Hbond substituents is 2. The summed E-state index contributed by atoms with van der Waals surface area (Å²) in [7, 11) is 0. The molecule has 0 aliphatic carbocycles. The van der Waals surface area contributed by atoms with E-state index >= 15 is 0 Å². The molecule has 0 radical (unpaired) electrons. The molecule has 44 heavy (non-hydrogen) atoms. The Labute approximate surface area is 245 Å². The third-order valence-corrected chi connectivity index (χ3v) is 7.18. The van der Waals surface area contributed by atoms with Crippen LogP contribution in [0.4, 0.5) is 0 Å². The Hall–Kier alpha value is -4.04. The van der Waals surface area contributed by atoms with Crippen LogP contribution in [0.5, 0.6) is 23.0 Å².